The molecule has 21 heavy (non-hydrogen) atoms. The molecule has 0 spiro atoms. The van der Waals surface area contributed by atoms with Crippen LogP contribution in [0.2, 0.25) is 0 Å². The minimum absolute atomic E-state index is 0.301. The van der Waals surface area contributed by atoms with Gasteiger partial charge in [-0.25, -0.2) is 0 Å². The lowest BCUT2D eigenvalue weighted by Crippen LogP contribution is -2.48. The second kappa shape index (κ2) is 4.81. The van der Waals surface area contributed by atoms with Crippen molar-refractivity contribution in [2.24, 2.45) is 0 Å². The van der Waals surface area contributed by atoms with E-state index in [-0.39, 0.29) is 0 Å². The van der Waals surface area contributed by atoms with Crippen molar-refractivity contribution in [3.8, 4) is 0 Å². The highest BCUT2D eigenvalue weighted by molar-refractivity contribution is 9.10. The van der Waals surface area contributed by atoms with Crippen LogP contribution in [-0.2, 0) is 9.53 Å². The molecular weight excluding hydrogens is 336 g/mol. The van der Waals surface area contributed by atoms with Crippen molar-refractivity contribution in [1.82, 2.24) is 0 Å². The van der Waals surface area contributed by atoms with E-state index in [4.69, 9.17) is 4.74 Å². The first kappa shape index (κ1) is 13.3. The summed E-state index contributed by atoms with van der Waals surface area (Å²) in [7, 11) is 0. The number of nitrogens with zero attached hydrogens (tertiary/aromatic N) is 1. The number of carbonyl (C=O) groups excluding carboxylic acids is 2. The van der Waals surface area contributed by atoms with Gasteiger partial charge in [-0.3, -0.25) is 9.59 Å². The number of ether oxygens (including phenoxy) is 1. The van der Waals surface area contributed by atoms with Crippen molar-refractivity contribution in [2.45, 2.75) is 31.4 Å². The van der Waals surface area contributed by atoms with Crippen molar-refractivity contribution in [3.05, 3.63) is 22.2 Å². The molecule has 0 bridgehead atoms. The molecule has 110 valence electrons. The van der Waals surface area contributed by atoms with E-state index < -0.39 is 11.7 Å². The van der Waals surface area contributed by atoms with Crippen LogP contribution in [0.15, 0.2) is 16.6 Å². The molecule has 5 nitrogen and oxygen atoms in total. The third-order valence-electron chi connectivity index (χ3n) is 4.58. The Kier molecular flexibility index (Phi) is 3.04. The summed E-state index contributed by atoms with van der Waals surface area (Å²) in [4.78, 5) is 25.6. The van der Waals surface area contributed by atoms with Crippen LogP contribution in [0, 0.1) is 0 Å². The number of amides is 1. The molecule has 1 saturated carbocycles. The van der Waals surface area contributed by atoms with Crippen LogP contribution in [0.3, 0.4) is 0 Å². The first-order chi connectivity index (χ1) is 10.1. The summed E-state index contributed by atoms with van der Waals surface area (Å²) < 4.78 is 6.70. The summed E-state index contributed by atoms with van der Waals surface area (Å²) in [5.74, 6) is -1.01. The van der Waals surface area contributed by atoms with E-state index >= 15 is 0 Å². The number of morpholine rings is 1. The zero-order valence-corrected chi connectivity index (χ0v) is 13.0. The summed E-state index contributed by atoms with van der Waals surface area (Å²) in [6.45, 7) is 1.55. The highest BCUT2D eigenvalue weighted by atomic mass is 79.9. The minimum Gasteiger partial charge on any atom is -0.374 e. The van der Waals surface area contributed by atoms with E-state index in [0.29, 0.717) is 23.4 Å². The van der Waals surface area contributed by atoms with Crippen LogP contribution < -0.4 is 10.2 Å². The lowest BCUT2D eigenvalue weighted by Gasteiger charge is -2.40. The Bertz CT molecular complexity index is 646. The molecule has 3 aliphatic rings. The zero-order chi connectivity index (χ0) is 14.6. The van der Waals surface area contributed by atoms with Crippen LogP contribution >= 0.6 is 15.9 Å². The van der Waals surface area contributed by atoms with Gasteiger partial charge in [0.1, 0.15) is 0 Å². The molecule has 1 aromatic rings. The van der Waals surface area contributed by atoms with Gasteiger partial charge in [-0.2, -0.15) is 0 Å². The first-order valence-electron chi connectivity index (χ1n) is 7.22. The molecular formula is C15H15BrN2O3. The summed E-state index contributed by atoms with van der Waals surface area (Å²) in [6, 6.07) is 4.05. The molecule has 2 aliphatic heterocycles. The van der Waals surface area contributed by atoms with Crippen molar-refractivity contribution in [3.63, 3.8) is 0 Å². The summed E-state index contributed by atoms with van der Waals surface area (Å²) in [6.07, 6.45) is 3.72. The molecule has 1 saturated heterocycles. The smallest absolute Gasteiger partial charge is 0.296 e. The number of hydrogen-bond acceptors (Lipinski definition) is 4. The second-order valence-corrected chi connectivity index (χ2v) is 6.59. The van der Waals surface area contributed by atoms with Gasteiger partial charge < -0.3 is 15.0 Å². The van der Waals surface area contributed by atoms with Gasteiger partial charge in [-0.1, -0.05) is 0 Å². The van der Waals surface area contributed by atoms with Crippen molar-refractivity contribution >= 4 is 39.0 Å². The largest absolute Gasteiger partial charge is 0.374 e. The van der Waals surface area contributed by atoms with Gasteiger partial charge in [0.2, 0.25) is 0 Å². The standard InChI is InChI=1S/C15H15BrN2O3/c16-9-6-8-10(17-15(20)14(8)19)7-12(9)18-4-5-21-13-3-1-2-11(13)18/h6-7,11,13H,1-5H2,(H,17,19,20). The topological polar surface area (TPSA) is 58.6 Å². The van der Waals surface area contributed by atoms with Crippen molar-refractivity contribution in [2.75, 3.05) is 23.4 Å². The van der Waals surface area contributed by atoms with Crippen LogP contribution in [0.4, 0.5) is 11.4 Å². The monoisotopic (exact) mass is 350 g/mol. The lowest BCUT2D eigenvalue weighted by molar-refractivity contribution is -0.112. The molecule has 0 aromatic heterocycles. The maximum Gasteiger partial charge on any atom is 0.296 e. The quantitative estimate of drug-likeness (QED) is 0.789. The maximum absolute atomic E-state index is 11.8. The molecule has 6 heteroatoms. The number of ketones is 1. The van der Waals surface area contributed by atoms with E-state index in [9.17, 15) is 9.59 Å². The Hall–Kier alpha value is -1.40. The molecule has 2 heterocycles. The minimum atomic E-state index is -0.547. The molecule has 2 atom stereocenters. The Balaban J connectivity index is 1.74. The number of nitrogens with one attached hydrogen (secondary N) is 1. The number of hydrogen-bond donors (Lipinski definition) is 1. The predicted octanol–water partition coefficient (Wildman–Crippen LogP) is 2.34. The molecule has 1 aromatic carbocycles. The summed E-state index contributed by atoms with van der Waals surface area (Å²) in [5, 5.41) is 2.65. The SMILES string of the molecule is O=C1Nc2cc(N3CCOC4CCCC43)c(Br)cc2C1=O. The number of benzene rings is 1. The maximum atomic E-state index is 11.8. The van der Waals surface area contributed by atoms with Crippen LogP contribution in [0.25, 0.3) is 0 Å². The van der Waals surface area contributed by atoms with Crippen LogP contribution in [-0.4, -0.2) is 37.0 Å². The predicted molar refractivity (Wildman–Crippen MR) is 81.8 cm³/mol. The first-order valence-corrected chi connectivity index (χ1v) is 8.02. The highest BCUT2D eigenvalue weighted by Crippen LogP contribution is 2.40. The highest BCUT2D eigenvalue weighted by Gasteiger charge is 2.38. The normalized spacial score (nSPS) is 27.6. The van der Waals surface area contributed by atoms with E-state index in [1.165, 1.54) is 6.42 Å². The van der Waals surface area contributed by atoms with Gasteiger partial charge in [0, 0.05) is 11.0 Å². The molecule has 1 aliphatic carbocycles. The van der Waals surface area contributed by atoms with Crippen LogP contribution in [0.1, 0.15) is 29.6 Å². The fraction of sp³-hybridized carbons (Fsp3) is 0.467. The molecule has 1 amide bonds. The Labute approximate surface area is 130 Å². The average molecular weight is 351 g/mol. The van der Waals surface area contributed by atoms with E-state index in [0.717, 1.165) is 36.2 Å². The van der Waals surface area contributed by atoms with E-state index in [1.54, 1.807) is 6.07 Å². The van der Waals surface area contributed by atoms with Gasteiger partial charge in [0.25, 0.3) is 11.7 Å². The summed E-state index contributed by atoms with van der Waals surface area (Å²) >= 11 is 3.56. The zero-order valence-electron chi connectivity index (χ0n) is 11.4. The number of fused-ring (bicyclic) bond motifs is 2. The van der Waals surface area contributed by atoms with Gasteiger partial charge in [0.05, 0.1) is 35.7 Å². The number of halogens is 1. The molecule has 1 N–H and O–H groups in total. The number of anilines is 2. The lowest BCUT2D eigenvalue weighted by atomic mass is 10.1. The number of Topliss-reactive ketones (excluding diaryl/α,β-unsaturated/α-hetero) is 1. The Morgan fingerprint density at radius 2 is 2.14 bits per heavy atom. The summed E-state index contributed by atoms with van der Waals surface area (Å²) in [5.41, 5.74) is 2.10. The Morgan fingerprint density at radius 1 is 1.29 bits per heavy atom. The third kappa shape index (κ3) is 2.00. The number of rotatable bonds is 1. The Morgan fingerprint density at radius 3 is 3.00 bits per heavy atom. The number of carbonyl (C=O) groups is 2. The van der Waals surface area contributed by atoms with Crippen molar-refractivity contribution in [1.29, 1.82) is 0 Å². The fourth-order valence-electron chi connectivity index (χ4n) is 3.60. The van der Waals surface area contributed by atoms with Gasteiger partial charge in [0.15, 0.2) is 0 Å². The van der Waals surface area contributed by atoms with E-state index in [1.807, 2.05) is 6.07 Å². The molecule has 0 radical (unpaired) electrons. The van der Waals surface area contributed by atoms with E-state index in [2.05, 4.69) is 26.1 Å². The average Bonchev–Trinajstić information content (AvgIpc) is 3.05. The molecule has 2 fully saturated rings. The third-order valence-corrected chi connectivity index (χ3v) is 5.21. The van der Waals surface area contributed by atoms with Gasteiger partial charge >= 0.3 is 0 Å². The molecule has 4 rings (SSSR count). The van der Waals surface area contributed by atoms with Crippen LogP contribution in [0.5, 0.6) is 0 Å². The van der Waals surface area contributed by atoms with Gasteiger partial charge in [-0.15, -0.1) is 0 Å². The second-order valence-electron chi connectivity index (χ2n) is 5.73. The molecule has 2 unspecified atom stereocenters. The fourth-order valence-corrected chi connectivity index (χ4v) is 4.17. The van der Waals surface area contributed by atoms with Gasteiger partial charge in [-0.05, 0) is 47.3 Å². The van der Waals surface area contributed by atoms with Crippen molar-refractivity contribution < 1.29 is 14.3 Å².